The van der Waals surface area contributed by atoms with Gasteiger partial charge in [0, 0.05) is 0 Å². The Morgan fingerprint density at radius 2 is 2.36 bits per heavy atom. The van der Waals surface area contributed by atoms with Crippen molar-refractivity contribution >= 4 is 5.97 Å². The summed E-state index contributed by atoms with van der Waals surface area (Å²) in [4.78, 5) is 10.4. The fourth-order valence-electron chi connectivity index (χ4n) is 2.30. The van der Waals surface area contributed by atoms with Crippen LogP contribution in [0.25, 0.3) is 0 Å². The maximum absolute atomic E-state index is 10.4. The average molecular weight is 152 g/mol. The SMILES string of the molecule is O=C(O)CC1=C2CCC(C2)C1. The highest BCUT2D eigenvalue weighted by Crippen LogP contribution is 2.44. The van der Waals surface area contributed by atoms with Gasteiger partial charge >= 0.3 is 5.97 Å². The van der Waals surface area contributed by atoms with Crippen LogP contribution in [0.15, 0.2) is 11.1 Å². The van der Waals surface area contributed by atoms with Crippen LogP contribution in [0.2, 0.25) is 0 Å². The van der Waals surface area contributed by atoms with Gasteiger partial charge in [0.15, 0.2) is 0 Å². The zero-order valence-electron chi connectivity index (χ0n) is 6.47. The smallest absolute Gasteiger partial charge is 0.307 e. The Balaban J connectivity index is 2.09. The first kappa shape index (κ1) is 6.89. The molecule has 2 rings (SSSR count). The predicted molar refractivity (Wildman–Crippen MR) is 41.2 cm³/mol. The average Bonchev–Trinajstić information content (AvgIpc) is 2.45. The van der Waals surface area contributed by atoms with Crippen molar-refractivity contribution in [2.24, 2.45) is 5.92 Å². The van der Waals surface area contributed by atoms with Crippen molar-refractivity contribution in [2.75, 3.05) is 0 Å². The van der Waals surface area contributed by atoms with E-state index in [9.17, 15) is 4.79 Å². The molecule has 2 heteroatoms. The van der Waals surface area contributed by atoms with Crippen LogP contribution in [-0.2, 0) is 4.79 Å². The van der Waals surface area contributed by atoms with Crippen molar-refractivity contribution in [3.63, 3.8) is 0 Å². The normalized spacial score (nSPS) is 28.2. The monoisotopic (exact) mass is 152 g/mol. The number of hydrogen-bond donors (Lipinski definition) is 1. The highest BCUT2D eigenvalue weighted by Gasteiger charge is 2.30. The molecular weight excluding hydrogens is 140 g/mol. The maximum atomic E-state index is 10.4. The zero-order valence-corrected chi connectivity index (χ0v) is 6.47. The molecular formula is C9H12O2. The first-order chi connectivity index (χ1) is 5.25. The van der Waals surface area contributed by atoms with Gasteiger partial charge in [-0.25, -0.2) is 0 Å². The molecule has 2 nitrogen and oxygen atoms in total. The second kappa shape index (κ2) is 2.36. The molecule has 0 spiro atoms. The number of rotatable bonds is 2. The van der Waals surface area contributed by atoms with E-state index in [1.165, 1.54) is 30.4 Å². The predicted octanol–water partition coefficient (Wildman–Crippen LogP) is 1.96. The molecule has 0 aromatic rings. The summed E-state index contributed by atoms with van der Waals surface area (Å²) in [5.74, 6) is 0.138. The minimum Gasteiger partial charge on any atom is -0.481 e. The summed E-state index contributed by atoms with van der Waals surface area (Å²) in [5, 5.41) is 8.57. The van der Waals surface area contributed by atoms with Gasteiger partial charge in [0.25, 0.3) is 0 Å². The second-order valence-corrected chi connectivity index (χ2v) is 3.59. The van der Waals surface area contributed by atoms with Gasteiger partial charge in [-0.05, 0) is 31.6 Å². The number of allylic oxidation sites excluding steroid dienone is 1. The summed E-state index contributed by atoms with van der Waals surface area (Å²) < 4.78 is 0. The van der Waals surface area contributed by atoms with Gasteiger partial charge < -0.3 is 5.11 Å². The Kier molecular flexibility index (Phi) is 1.48. The molecule has 11 heavy (non-hydrogen) atoms. The molecule has 2 aliphatic carbocycles. The topological polar surface area (TPSA) is 37.3 Å². The highest BCUT2D eigenvalue weighted by atomic mass is 16.4. The van der Waals surface area contributed by atoms with E-state index >= 15 is 0 Å². The molecule has 0 aliphatic heterocycles. The van der Waals surface area contributed by atoms with Crippen molar-refractivity contribution in [1.29, 1.82) is 0 Å². The van der Waals surface area contributed by atoms with Crippen LogP contribution in [0.1, 0.15) is 32.1 Å². The first-order valence-electron chi connectivity index (χ1n) is 4.17. The van der Waals surface area contributed by atoms with E-state index in [1.54, 1.807) is 0 Å². The summed E-state index contributed by atoms with van der Waals surface area (Å²) in [6, 6.07) is 0. The van der Waals surface area contributed by atoms with Gasteiger partial charge in [0.1, 0.15) is 0 Å². The largest absolute Gasteiger partial charge is 0.481 e. The molecule has 60 valence electrons. The Morgan fingerprint density at radius 1 is 1.55 bits per heavy atom. The number of aliphatic carboxylic acids is 1. The van der Waals surface area contributed by atoms with Gasteiger partial charge in [-0.2, -0.15) is 0 Å². The number of carboxylic acid groups (broad SMARTS) is 1. The Labute approximate surface area is 65.9 Å². The molecule has 1 unspecified atom stereocenters. The van der Waals surface area contributed by atoms with E-state index in [1.807, 2.05) is 0 Å². The molecule has 0 saturated heterocycles. The van der Waals surface area contributed by atoms with Crippen molar-refractivity contribution in [2.45, 2.75) is 32.1 Å². The molecule has 1 N–H and O–H groups in total. The lowest BCUT2D eigenvalue weighted by Gasteiger charge is -2.08. The van der Waals surface area contributed by atoms with Gasteiger partial charge in [-0.1, -0.05) is 11.1 Å². The zero-order chi connectivity index (χ0) is 7.84. The molecule has 0 amide bonds. The van der Waals surface area contributed by atoms with Crippen LogP contribution >= 0.6 is 0 Å². The minimum absolute atomic E-state index is 0.297. The fourth-order valence-corrected chi connectivity index (χ4v) is 2.30. The van der Waals surface area contributed by atoms with Crippen LogP contribution in [0.4, 0.5) is 0 Å². The van der Waals surface area contributed by atoms with Crippen molar-refractivity contribution in [1.82, 2.24) is 0 Å². The van der Waals surface area contributed by atoms with Gasteiger partial charge in [-0.15, -0.1) is 0 Å². The minimum atomic E-state index is -0.667. The number of fused-ring (bicyclic) bond motifs is 2. The molecule has 0 aromatic carbocycles. The summed E-state index contributed by atoms with van der Waals surface area (Å²) in [5.41, 5.74) is 2.69. The third-order valence-corrected chi connectivity index (χ3v) is 2.79. The fraction of sp³-hybridized carbons (Fsp3) is 0.667. The van der Waals surface area contributed by atoms with E-state index < -0.39 is 5.97 Å². The third kappa shape index (κ3) is 1.17. The van der Waals surface area contributed by atoms with Gasteiger partial charge in [0.2, 0.25) is 0 Å². The van der Waals surface area contributed by atoms with Crippen LogP contribution in [-0.4, -0.2) is 11.1 Å². The van der Waals surface area contributed by atoms with E-state index in [2.05, 4.69) is 0 Å². The first-order valence-corrected chi connectivity index (χ1v) is 4.17. The Bertz CT molecular complexity index is 228. The van der Waals surface area contributed by atoms with Crippen molar-refractivity contribution in [3.05, 3.63) is 11.1 Å². The van der Waals surface area contributed by atoms with Crippen LogP contribution in [0.3, 0.4) is 0 Å². The molecule has 2 aliphatic rings. The Morgan fingerprint density at radius 3 is 2.82 bits per heavy atom. The lowest BCUT2D eigenvalue weighted by atomic mass is 9.97. The summed E-state index contributed by atoms with van der Waals surface area (Å²) in [7, 11) is 0. The number of carbonyl (C=O) groups is 1. The van der Waals surface area contributed by atoms with E-state index in [4.69, 9.17) is 5.11 Å². The summed E-state index contributed by atoms with van der Waals surface area (Å²) in [6.45, 7) is 0. The van der Waals surface area contributed by atoms with Crippen LogP contribution in [0, 0.1) is 5.92 Å². The standard InChI is InChI=1S/C9H12O2/c10-9(11)5-8-4-6-1-2-7(8)3-6/h6H,1-5H2,(H,10,11). The Hall–Kier alpha value is -0.790. The maximum Gasteiger partial charge on any atom is 0.307 e. The lowest BCUT2D eigenvalue weighted by Crippen LogP contribution is -2.01. The van der Waals surface area contributed by atoms with Crippen LogP contribution < -0.4 is 0 Å². The molecule has 0 radical (unpaired) electrons. The second-order valence-electron chi connectivity index (χ2n) is 3.59. The van der Waals surface area contributed by atoms with E-state index in [0.29, 0.717) is 6.42 Å². The van der Waals surface area contributed by atoms with Crippen LogP contribution in [0.5, 0.6) is 0 Å². The van der Waals surface area contributed by atoms with Gasteiger partial charge in [0.05, 0.1) is 6.42 Å². The summed E-state index contributed by atoms with van der Waals surface area (Å²) >= 11 is 0. The number of carboxylic acids is 1. The van der Waals surface area contributed by atoms with E-state index in [0.717, 1.165) is 12.3 Å². The lowest BCUT2D eigenvalue weighted by molar-refractivity contribution is -0.136. The highest BCUT2D eigenvalue weighted by molar-refractivity contribution is 5.70. The molecule has 2 bridgehead atoms. The van der Waals surface area contributed by atoms with E-state index in [-0.39, 0.29) is 0 Å². The molecule has 1 atom stereocenters. The third-order valence-electron chi connectivity index (χ3n) is 2.79. The van der Waals surface area contributed by atoms with Gasteiger partial charge in [-0.3, -0.25) is 4.79 Å². The quantitative estimate of drug-likeness (QED) is 0.614. The number of hydrogen-bond acceptors (Lipinski definition) is 1. The molecule has 0 heterocycles. The van der Waals surface area contributed by atoms with Crippen molar-refractivity contribution < 1.29 is 9.90 Å². The molecule has 0 aromatic heterocycles. The molecule has 1 fully saturated rings. The molecule has 1 saturated carbocycles. The van der Waals surface area contributed by atoms with Crippen molar-refractivity contribution in [3.8, 4) is 0 Å². The summed E-state index contributed by atoms with van der Waals surface area (Å²) in [6.07, 6.45) is 5.04.